The van der Waals surface area contributed by atoms with Gasteiger partial charge in [-0.15, -0.1) is 0 Å². The summed E-state index contributed by atoms with van der Waals surface area (Å²) in [7, 11) is -2.12. The Labute approximate surface area is 187 Å². The van der Waals surface area contributed by atoms with Gasteiger partial charge in [-0.2, -0.15) is 0 Å². The molecule has 0 saturated heterocycles. The highest BCUT2D eigenvalue weighted by molar-refractivity contribution is 7.10. The van der Waals surface area contributed by atoms with E-state index < -0.39 is 8.07 Å². The number of hydrogen-bond donors (Lipinski definition) is 0. The van der Waals surface area contributed by atoms with E-state index in [-0.39, 0.29) is 0 Å². The maximum atomic E-state index is 2.46. The fraction of sp³-hybridized carbons (Fsp3) is 0.200. The molecule has 0 amide bonds. The Kier molecular flexibility index (Phi) is 4.95. The summed E-state index contributed by atoms with van der Waals surface area (Å²) >= 11 is 0. The second kappa shape index (κ2) is 7.66. The molecule has 0 aromatic heterocycles. The highest BCUT2D eigenvalue weighted by Gasteiger charge is 2.50. The van der Waals surface area contributed by atoms with E-state index in [2.05, 4.69) is 125 Å². The van der Waals surface area contributed by atoms with Gasteiger partial charge >= 0.3 is 0 Å². The van der Waals surface area contributed by atoms with Crippen molar-refractivity contribution in [2.75, 3.05) is 0 Å². The van der Waals surface area contributed by atoms with Crippen LogP contribution in [0.5, 0.6) is 0 Å². The van der Waals surface area contributed by atoms with Gasteiger partial charge in [0.05, 0.1) is 0 Å². The molecule has 5 rings (SSSR count). The van der Waals surface area contributed by atoms with Gasteiger partial charge in [-0.05, 0) is 54.5 Å². The zero-order valence-corrected chi connectivity index (χ0v) is 19.9. The van der Waals surface area contributed by atoms with Gasteiger partial charge in [0.25, 0.3) is 0 Å². The van der Waals surface area contributed by atoms with Gasteiger partial charge < -0.3 is 0 Å². The first-order chi connectivity index (χ1) is 15.1. The first kappa shape index (κ1) is 20.0. The average molecular weight is 419 g/mol. The lowest BCUT2D eigenvalue weighted by Gasteiger charge is -2.47. The van der Waals surface area contributed by atoms with Crippen LogP contribution in [-0.2, 0) is 0 Å². The molecule has 4 aromatic carbocycles. The zero-order chi connectivity index (χ0) is 21.6. The normalized spacial score (nSPS) is 15.2. The van der Waals surface area contributed by atoms with Crippen molar-refractivity contribution in [1.82, 2.24) is 0 Å². The van der Waals surface area contributed by atoms with E-state index in [9.17, 15) is 0 Å². The summed E-state index contributed by atoms with van der Waals surface area (Å²) in [4.78, 5) is 0. The van der Waals surface area contributed by atoms with Crippen molar-refractivity contribution in [2.45, 2.75) is 38.8 Å². The predicted octanol–water partition coefficient (Wildman–Crippen LogP) is 7.83. The lowest BCUT2D eigenvalue weighted by molar-refractivity contribution is 0.930. The molecular formula is C30H30Si. The molecule has 0 bridgehead atoms. The van der Waals surface area contributed by atoms with Crippen LogP contribution in [0.2, 0.25) is 11.1 Å². The van der Waals surface area contributed by atoms with Crippen LogP contribution in [0.1, 0.15) is 44.4 Å². The molecule has 154 valence electrons. The average Bonchev–Trinajstić information content (AvgIpc) is 2.80. The minimum atomic E-state index is -2.12. The zero-order valence-electron chi connectivity index (χ0n) is 18.9. The monoisotopic (exact) mass is 418 g/mol. The number of hydrogen-bond acceptors (Lipinski definition) is 0. The van der Waals surface area contributed by atoms with Crippen LogP contribution in [0.25, 0.3) is 21.5 Å². The van der Waals surface area contributed by atoms with E-state index in [0.717, 1.165) is 0 Å². The van der Waals surface area contributed by atoms with Crippen molar-refractivity contribution in [3.05, 3.63) is 114 Å². The van der Waals surface area contributed by atoms with Gasteiger partial charge in [-0.1, -0.05) is 125 Å². The third kappa shape index (κ3) is 2.87. The third-order valence-electron chi connectivity index (χ3n) is 7.23. The number of benzene rings is 4. The standard InChI is InChI=1S/C30H30Si/c1-21(2)31(22(3)4)27-20-12-18-23-17-11-19-26(28(23)27)29(24-13-7-5-8-14-24)30(31)25-15-9-6-10-16-25/h5-22H,1-4H3. The fourth-order valence-corrected chi connectivity index (χ4v) is 12.5. The highest BCUT2D eigenvalue weighted by atomic mass is 28.3. The molecule has 0 fully saturated rings. The Morgan fingerprint density at radius 3 is 1.68 bits per heavy atom. The Hall–Kier alpha value is -2.90. The number of rotatable bonds is 4. The van der Waals surface area contributed by atoms with Crippen molar-refractivity contribution in [1.29, 1.82) is 0 Å². The second-order valence-corrected chi connectivity index (χ2v) is 14.5. The van der Waals surface area contributed by atoms with E-state index >= 15 is 0 Å². The molecule has 0 radical (unpaired) electrons. The Morgan fingerprint density at radius 1 is 0.548 bits per heavy atom. The maximum Gasteiger partial charge on any atom is 0.125 e. The molecule has 0 N–H and O–H groups in total. The van der Waals surface area contributed by atoms with Crippen LogP contribution in [0.4, 0.5) is 0 Å². The van der Waals surface area contributed by atoms with Gasteiger partial charge in [0.1, 0.15) is 8.07 Å². The van der Waals surface area contributed by atoms with Crippen molar-refractivity contribution < 1.29 is 0 Å². The summed E-state index contributed by atoms with van der Waals surface area (Å²) in [5.74, 6) is 0. The molecule has 0 nitrogen and oxygen atoms in total. The van der Waals surface area contributed by atoms with Crippen LogP contribution in [-0.4, -0.2) is 8.07 Å². The lowest BCUT2D eigenvalue weighted by Crippen LogP contribution is -2.56. The fourth-order valence-electron chi connectivity index (χ4n) is 6.13. The lowest BCUT2D eigenvalue weighted by atomic mass is 9.91. The molecule has 1 aliphatic heterocycles. The van der Waals surface area contributed by atoms with E-state index in [0.29, 0.717) is 11.1 Å². The Bertz CT molecular complexity index is 1250. The van der Waals surface area contributed by atoms with Crippen LogP contribution in [0, 0.1) is 0 Å². The molecule has 0 atom stereocenters. The first-order valence-electron chi connectivity index (χ1n) is 11.4. The third-order valence-corrected chi connectivity index (χ3v) is 13.5. The summed E-state index contributed by atoms with van der Waals surface area (Å²) < 4.78 is 0. The second-order valence-electron chi connectivity index (χ2n) is 9.37. The van der Waals surface area contributed by atoms with E-state index in [4.69, 9.17) is 0 Å². The minimum absolute atomic E-state index is 0.584. The largest absolute Gasteiger partial charge is 0.125 e. The topological polar surface area (TPSA) is 0 Å². The van der Waals surface area contributed by atoms with Crippen LogP contribution in [0.3, 0.4) is 0 Å². The molecule has 0 saturated carbocycles. The van der Waals surface area contributed by atoms with Crippen molar-refractivity contribution in [3.8, 4) is 0 Å². The van der Waals surface area contributed by atoms with Crippen molar-refractivity contribution >= 4 is 34.8 Å². The van der Waals surface area contributed by atoms with Gasteiger partial charge in [0, 0.05) is 0 Å². The minimum Gasteiger partial charge on any atom is -0.0645 e. The van der Waals surface area contributed by atoms with Crippen LogP contribution < -0.4 is 5.19 Å². The van der Waals surface area contributed by atoms with E-state index in [1.165, 1.54) is 33.0 Å². The van der Waals surface area contributed by atoms with E-state index in [1.807, 2.05) is 0 Å². The highest BCUT2D eigenvalue weighted by Crippen LogP contribution is 2.51. The predicted molar refractivity (Wildman–Crippen MR) is 138 cm³/mol. The SMILES string of the molecule is CC(C)[Si]1(C(C)C)C(c2ccccc2)=C(c2ccccc2)c2cccc3cccc1c23. The van der Waals surface area contributed by atoms with Crippen molar-refractivity contribution in [2.24, 2.45) is 0 Å². The Morgan fingerprint density at radius 2 is 1.10 bits per heavy atom. The molecule has 1 aliphatic rings. The van der Waals surface area contributed by atoms with Crippen molar-refractivity contribution in [3.63, 3.8) is 0 Å². The van der Waals surface area contributed by atoms with Gasteiger partial charge in [0.2, 0.25) is 0 Å². The maximum absolute atomic E-state index is 2.46. The smallest absolute Gasteiger partial charge is 0.0645 e. The summed E-state index contributed by atoms with van der Waals surface area (Å²) in [5.41, 5.74) is 6.73. The van der Waals surface area contributed by atoms with Gasteiger partial charge in [-0.25, -0.2) is 0 Å². The quantitative estimate of drug-likeness (QED) is 0.296. The first-order valence-corrected chi connectivity index (χ1v) is 13.6. The van der Waals surface area contributed by atoms with Crippen LogP contribution in [0.15, 0.2) is 97.1 Å². The molecule has 1 heteroatoms. The summed E-state index contributed by atoms with van der Waals surface area (Å²) in [6.45, 7) is 9.85. The van der Waals surface area contributed by atoms with Gasteiger partial charge in [0.15, 0.2) is 0 Å². The molecule has 0 unspecified atom stereocenters. The Balaban J connectivity index is 2.06. The summed E-state index contributed by atoms with van der Waals surface area (Å²) in [6.07, 6.45) is 0. The van der Waals surface area contributed by atoms with E-state index in [1.54, 1.807) is 10.4 Å². The molecule has 4 aromatic rings. The molecule has 0 aliphatic carbocycles. The molecule has 1 heterocycles. The van der Waals surface area contributed by atoms with Gasteiger partial charge in [-0.3, -0.25) is 0 Å². The summed E-state index contributed by atoms with van der Waals surface area (Å²) in [6, 6.07) is 36.2. The summed E-state index contributed by atoms with van der Waals surface area (Å²) in [5, 5.41) is 6.07. The van der Waals surface area contributed by atoms with Crippen LogP contribution >= 0.6 is 0 Å². The molecule has 31 heavy (non-hydrogen) atoms. The molecular weight excluding hydrogens is 388 g/mol. The molecule has 0 spiro atoms.